The molecule has 17 heavy (non-hydrogen) atoms. The molecule has 3 nitrogen and oxygen atoms in total. The second-order valence-electron chi connectivity index (χ2n) is 5.46. The van der Waals surface area contributed by atoms with Crippen molar-refractivity contribution in [1.82, 2.24) is 10.3 Å². The predicted octanol–water partition coefficient (Wildman–Crippen LogP) is 3.01. The number of hydrogen-bond acceptors (Lipinski definition) is 3. The monoisotopic (exact) mass is 253 g/mol. The molecule has 0 aliphatic heterocycles. The number of pyridine rings is 1. The van der Waals surface area contributed by atoms with Crippen LogP contribution in [0.4, 0.5) is 5.82 Å². The topological polar surface area (TPSA) is 50.9 Å². The van der Waals surface area contributed by atoms with Gasteiger partial charge in [-0.05, 0) is 30.4 Å². The molecule has 1 aliphatic carbocycles. The van der Waals surface area contributed by atoms with E-state index in [1.807, 2.05) is 6.07 Å². The SMILES string of the molecule is CCNC(c1cc(Cl)cnc1N)C1CC1(C)C. The van der Waals surface area contributed by atoms with E-state index in [1.54, 1.807) is 6.20 Å². The number of nitrogens with two attached hydrogens (primary N) is 1. The van der Waals surface area contributed by atoms with Crippen molar-refractivity contribution in [3.63, 3.8) is 0 Å². The van der Waals surface area contributed by atoms with Crippen LogP contribution in [0.25, 0.3) is 0 Å². The van der Waals surface area contributed by atoms with Crippen molar-refractivity contribution in [2.75, 3.05) is 12.3 Å². The lowest BCUT2D eigenvalue weighted by atomic mass is 9.97. The maximum absolute atomic E-state index is 6.01. The molecule has 0 radical (unpaired) electrons. The zero-order valence-electron chi connectivity index (χ0n) is 10.6. The minimum absolute atomic E-state index is 0.265. The minimum atomic E-state index is 0.265. The molecular formula is C13H20ClN3. The van der Waals surface area contributed by atoms with Crippen molar-refractivity contribution in [3.05, 3.63) is 22.8 Å². The molecule has 2 atom stereocenters. The highest BCUT2D eigenvalue weighted by Crippen LogP contribution is 2.58. The maximum Gasteiger partial charge on any atom is 0.128 e. The normalized spacial score (nSPS) is 23.4. The Morgan fingerprint density at radius 1 is 1.65 bits per heavy atom. The summed E-state index contributed by atoms with van der Waals surface area (Å²) < 4.78 is 0. The number of aromatic nitrogens is 1. The Labute approximate surface area is 108 Å². The molecule has 1 heterocycles. The van der Waals surface area contributed by atoms with Gasteiger partial charge in [-0.2, -0.15) is 0 Å². The van der Waals surface area contributed by atoms with Gasteiger partial charge in [0, 0.05) is 17.8 Å². The van der Waals surface area contributed by atoms with Crippen LogP contribution in [0.2, 0.25) is 5.02 Å². The van der Waals surface area contributed by atoms with Crippen LogP contribution in [0.15, 0.2) is 12.3 Å². The molecule has 0 aromatic carbocycles. The van der Waals surface area contributed by atoms with Crippen LogP contribution >= 0.6 is 11.6 Å². The smallest absolute Gasteiger partial charge is 0.128 e. The van der Waals surface area contributed by atoms with E-state index < -0.39 is 0 Å². The van der Waals surface area contributed by atoms with Crippen LogP contribution in [0.1, 0.15) is 38.8 Å². The van der Waals surface area contributed by atoms with Crippen LogP contribution < -0.4 is 11.1 Å². The molecule has 0 bridgehead atoms. The molecule has 1 aliphatic rings. The average Bonchev–Trinajstić information content (AvgIpc) is 2.88. The van der Waals surface area contributed by atoms with E-state index in [1.165, 1.54) is 6.42 Å². The van der Waals surface area contributed by atoms with Crippen LogP contribution in [0.5, 0.6) is 0 Å². The lowest BCUT2D eigenvalue weighted by molar-refractivity contribution is 0.424. The fourth-order valence-electron chi connectivity index (χ4n) is 2.48. The molecule has 0 saturated heterocycles. The summed E-state index contributed by atoms with van der Waals surface area (Å²) in [6.07, 6.45) is 2.82. The molecule has 3 N–H and O–H groups in total. The van der Waals surface area contributed by atoms with Gasteiger partial charge in [-0.25, -0.2) is 4.98 Å². The first-order valence-corrected chi connectivity index (χ1v) is 6.48. The van der Waals surface area contributed by atoms with Crippen LogP contribution in [-0.2, 0) is 0 Å². The Morgan fingerprint density at radius 3 is 2.82 bits per heavy atom. The van der Waals surface area contributed by atoms with Crippen molar-refractivity contribution < 1.29 is 0 Å². The average molecular weight is 254 g/mol. The zero-order valence-corrected chi connectivity index (χ0v) is 11.4. The van der Waals surface area contributed by atoms with E-state index in [0.717, 1.165) is 12.1 Å². The lowest BCUT2D eigenvalue weighted by Gasteiger charge is -2.21. The summed E-state index contributed by atoms with van der Waals surface area (Å²) in [5.74, 6) is 1.20. The summed E-state index contributed by atoms with van der Waals surface area (Å²) in [5.41, 5.74) is 7.39. The van der Waals surface area contributed by atoms with Gasteiger partial charge in [-0.15, -0.1) is 0 Å². The molecular weight excluding hydrogens is 234 g/mol. The van der Waals surface area contributed by atoms with Crippen LogP contribution in [-0.4, -0.2) is 11.5 Å². The van der Waals surface area contributed by atoms with Crippen molar-refractivity contribution in [2.45, 2.75) is 33.2 Å². The molecule has 2 unspecified atom stereocenters. The standard InChI is InChI=1S/C13H20ClN3/c1-4-16-11(10-6-13(10,2)3)9-5-8(14)7-17-12(9)15/h5,7,10-11,16H,4,6H2,1-3H3,(H2,15,17). The highest BCUT2D eigenvalue weighted by atomic mass is 35.5. The van der Waals surface area contributed by atoms with Crippen molar-refractivity contribution in [3.8, 4) is 0 Å². The van der Waals surface area contributed by atoms with Gasteiger partial charge in [-0.3, -0.25) is 0 Å². The third kappa shape index (κ3) is 2.55. The summed E-state index contributed by atoms with van der Waals surface area (Å²) in [6.45, 7) is 7.60. The summed E-state index contributed by atoms with van der Waals surface area (Å²) in [7, 11) is 0. The van der Waals surface area contributed by atoms with Gasteiger partial charge < -0.3 is 11.1 Å². The maximum atomic E-state index is 6.01. The fourth-order valence-corrected chi connectivity index (χ4v) is 2.65. The van der Waals surface area contributed by atoms with E-state index >= 15 is 0 Å². The van der Waals surface area contributed by atoms with E-state index in [2.05, 4.69) is 31.1 Å². The number of hydrogen-bond donors (Lipinski definition) is 2. The molecule has 4 heteroatoms. The van der Waals surface area contributed by atoms with E-state index in [4.69, 9.17) is 17.3 Å². The molecule has 2 rings (SSSR count). The third-order valence-electron chi connectivity index (χ3n) is 3.67. The summed E-state index contributed by atoms with van der Waals surface area (Å²) >= 11 is 6.01. The van der Waals surface area contributed by atoms with Crippen LogP contribution in [0, 0.1) is 11.3 Å². The Hall–Kier alpha value is -0.800. The Morgan fingerprint density at radius 2 is 2.29 bits per heavy atom. The second kappa shape index (κ2) is 4.46. The Bertz CT molecular complexity index is 417. The highest BCUT2D eigenvalue weighted by Gasteiger charge is 2.50. The zero-order chi connectivity index (χ0) is 12.6. The quantitative estimate of drug-likeness (QED) is 0.867. The van der Waals surface area contributed by atoms with Crippen molar-refractivity contribution in [1.29, 1.82) is 0 Å². The van der Waals surface area contributed by atoms with Gasteiger partial charge in [0.1, 0.15) is 5.82 Å². The van der Waals surface area contributed by atoms with E-state index in [9.17, 15) is 0 Å². The fraction of sp³-hybridized carbons (Fsp3) is 0.615. The summed E-state index contributed by atoms with van der Waals surface area (Å²) in [5, 5.41) is 4.15. The van der Waals surface area contributed by atoms with Crippen molar-refractivity contribution in [2.24, 2.45) is 11.3 Å². The Kier molecular flexibility index (Phi) is 3.32. The van der Waals surface area contributed by atoms with Gasteiger partial charge in [0.05, 0.1) is 5.02 Å². The lowest BCUT2D eigenvalue weighted by Crippen LogP contribution is -2.25. The Balaban J connectivity index is 2.30. The second-order valence-corrected chi connectivity index (χ2v) is 5.90. The number of anilines is 1. The molecule has 1 saturated carbocycles. The van der Waals surface area contributed by atoms with Gasteiger partial charge in [0.2, 0.25) is 0 Å². The number of halogens is 1. The molecule has 1 aromatic rings. The summed E-state index contributed by atoms with van der Waals surface area (Å²) in [4.78, 5) is 4.15. The van der Waals surface area contributed by atoms with Gasteiger partial charge in [0.25, 0.3) is 0 Å². The van der Waals surface area contributed by atoms with Gasteiger partial charge in [-0.1, -0.05) is 32.4 Å². The van der Waals surface area contributed by atoms with Gasteiger partial charge in [0.15, 0.2) is 0 Å². The first kappa shape index (κ1) is 12.7. The van der Waals surface area contributed by atoms with Crippen LogP contribution in [0.3, 0.4) is 0 Å². The molecule has 0 spiro atoms. The number of rotatable bonds is 4. The number of nitrogens with zero attached hydrogens (tertiary/aromatic N) is 1. The van der Waals surface area contributed by atoms with E-state index in [-0.39, 0.29) is 6.04 Å². The molecule has 0 amide bonds. The highest BCUT2D eigenvalue weighted by molar-refractivity contribution is 6.30. The largest absolute Gasteiger partial charge is 0.383 e. The molecule has 1 aromatic heterocycles. The first-order valence-electron chi connectivity index (χ1n) is 6.10. The van der Waals surface area contributed by atoms with Crippen molar-refractivity contribution >= 4 is 17.4 Å². The third-order valence-corrected chi connectivity index (χ3v) is 3.87. The molecule has 1 fully saturated rings. The summed E-state index contributed by atoms with van der Waals surface area (Å²) in [6, 6.07) is 2.20. The minimum Gasteiger partial charge on any atom is -0.383 e. The predicted molar refractivity (Wildman–Crippen MR) is 72.0 cm³/mol. The number of nitrogens with one attached hydrogen (secondary N) is 1. The first-order chi connectivity index (χ1) is 7.95. The van der Waals surface area contributed by atoms with Gasteiger partial charge >= 0.3 is 0 Å². The number of nitrogen functional groups attached to an aromatic ring is 1. The van der Waals surface area contributed by atoms with E-state index in [0.29, 0.717) is 22.2 Å². The molecule has 94 valence electrons.